The SMILES string of the molecule is Cc1cccc2c1cnn2CCCNC(=O)c1ccc(=O)n(-c2ccccc2)c1. The second kappa shape index (κ2) is 8.14. The third kappa shape index (κ3) is 3.96. The summed E-state index contributed by atoms with van der Waals surface area (Å²) < 4.78 is 3.44. The molecule has 0 spiro atoms. The highest BCUT2D eigenvalue weighted by Gasteiger charge is 2.09. The van der Waals surface area contributed by atoms with Gasteiger partial charge in [0, 0.05) is 36.4 Å². The van der Waals surface area contributed by atoms with Crippen molar-refractivity contribution in [2.24, 2.45) is 0 Å². The number of carbonyl (C=O) groups excluding carboxylic acids is 1. The van der Waals surface area contributed by atoms with Crippen LogP contribution in [0.2, 0.25) is 0 Å². The van der Waals surface area contributed by atoms with Crippen molar-refractivity contribution in [1.29, 1.82) is 0 Å². The van der Waals surface area contributed by atoms with E-state index < -0.39 is 0 Å². The Morgan fingerprint density at radius 3 is 2.69 bits per heavy atom. The predicted molar refractivity (Wildman–Crippen MR) is 113 cm³/mol. The minimum Gasteiger partial charge on any atom is -0.352 e. The summed E-state index contributed by atoms with van der Waals surface area (Å²) in [7, 11) is 0. The van der Waals surface area contributed by atoms with E-state index in [0.717, 1.165) is 29.6 Å². The maximum Gasteiger partial charge on any atom is 0.255 e. The molecule has 0 aliphatic heterocycles. The standard InChI is InChI=1S/C23H22N4O2/c1-17-7-5-10-21-20(17)15-25-27(21)14-6-13-24-23(29)18-11-12-22(28)26(16-18)19-8-3-2-4-9-19/h2-5,7-12,15-16H,6,13-14H2,1H3,(H,24,29). The number of amides is 1. The molecule has 2 heterocycles. The van der Waals surface area contributed by atoms with Gasteiger partial charge in [0.25, 0.3) is 11.5 Å². The Labute approximate surface area is 168 Å². The Kier molecular flexibility index (Phi) is 5.24. The summed E-state index contributed by atoms with van der Waals surface area (Å²) in [6.07, 6.45) is 4.22. The topological polar surface area (TPSA) is 68.9 Å². The molecule has 0 saturated heterocycles. The first-order valence-corrected chi connectivity index (χ1v) is 9.61. The highest BCUT2D eigenvalue weighted by atomic mass is 16.2. The van der Waals surface area contributed by atoms with Crippen LogP contribution in [0.4, 0.5) is 0 Å². The molecule has 6 nitrogen and oxygen atoms in total. The minimum atomic E-state index is -0.198. The van der Waals surface area contributed by atoms with Gasteiger partial charge in [0.2, 0.25) is 0 Å². The largest absolute Gasteiger partial charge is 0.352 e. The first kappa shape index (κ1) is 18.7. The van der Waals surface area contributed by atoms with Crippen LogP contribution in [0, 0.1) is 6.92 Å². The first-order valence-electron chi connectivity index (χ1n) is 9.61. The number of aromatic nitrogens is 3. The Morgan fingerprint density at radius 1 is 1.03 bits per heavy atom. The molecule has 0 fully saturated rings. The van der Waals surface area contributed by atoms with Crippen LogP contribution in [-0.4, -0.2) is 26.8 Å². The number of para-hydroxylation sites is 1. The maximum atomic E-state index is 12.5. The fraction of sp³-hybridized carbons (Fsp3) is 0.174. The van der Waals surface area contributed by atoms with Crippen molar-refractivity contribution in [2.75, 3.05) is 6.54 Å². The van der Waals surface area contributed by atoms with Gasteiger partial charge in [-0.1, -0.05) is 30.3 Å². The molecule has 0 aliphatic rings. The molecular formula is C23H22N4O2. The number of nitrogens with zero attached hydrogens (tertiary/aromatic N) is 3. The monoisotopic (exact) mass is 386 g/mol. The molecule has 0 atom stereocenters. The lowest BCUT2D eigenvalue weighted by molar-refractivity contribution is 0.0952. The van der Waals surface area contributed by atoms with Gasteiger partial charge in [-0.25, -0.2) is 0 Å². The van der Waals surface area contributed by atoms with E-state index in [0.29, 0.717) is 12.1 Å². The van der Waals surface area contributed by atoms with Crippen molar-refractivity contribution in [1.82, 2.24) is 19.7 Å². The van der Waals surface area contributed by atoms with Gasteiger partial charge in [0.1, 0.15) is 0 Å². The van der Waals surface area contributed by atoms with Crippen LogP contribution < -0.4 is 10.9 Å². The molecule has 2 aromatic heterocycles. The minimum absolute atomic E-state index is 0.173. The lowest BCUT2D eigenvalue weighted by atomic mass is 10.1. The summed E-state index contributed by atoms with van der Waals surface area (Å²) in [5.74, 6) is -0.198. The van der Waals surface area contributed by atoms with Crippen molar-refractivity contribution in [2.45, 2.75) is 19.9 Å². The number of pyridine rings is 1. The van der Waals surface area contributed by atoms with Gasteiger partial charge < -0.3 is 5.32 Å². The number of aryl methyl sites for hydroxylation is 2. The number of carbonyl (C=O) groups is 1. The second-order valence-corrected chi connectivity index (χ2v) is 6.95. The lowest BCUT2D eigenvalue weighted by Crippen LogP contribution is -2.27. The number of benzene rings is 2. The van der Waals surface area contributed by atoms with Crippen molar-refractivity contribution in [3.05, 3.63) is 94.5 Å². The third-order valence-corrected chi connectivity index (χ3v) is 4.95. The average Bonchev–Trinajstić information content (AvgIpc) is 3.16. The Bertz CT molecular complexity index is 1210. The van der Waals surface area contributed by atoms with Crippen LogP contribution >= 0.6 is 0 Å². The van der Waals surface area contributed by atoms with Crippen molar-refractivity contribution in [3.8, 4) is 5.69 Å². The van der Waals surface area contributed by atoms with Gasteiger partial charge in [-0.3, -0.25) is 18.8 Å². The van der Waals surface area contributed by atoms with Crippen LogP contribution in [0.3, 0.4) is 0 Å². The van der Waals surface area contributed by atoms with Gasteiger partial charge in [-0.2, -0.15) is 5.10 Å². The summed E-state index contributed by atoms with van der Waals surface area (Å²) in [6, 6.07) is 18.4. The van der Waals surface area contributed by atoms with E-state index in [9.17, 15) is 9.59 Å². The second-order valence-electron chi connectivity index (χ2n) is 6.95. The van der Waals surface area contributed by atoms with Gasteiger partial charge in [-0.15, -0.1) is 0 Å². The molecule has 146 valence electrons. The van der Waals surface area contributed by atoms with Crippen molar-refractivity contribution >= 4 is 16.8 Å². The van der Waals surface area contributed by atoms with E-state index in [-0.39, 0.29) is 11.5 Å². The van der Waals surface area contributed by atoms with Crippen LogP contribution in [0.15, 0.2) is 77.9 Å². The number of hydrogen-bond donors (Lipinski definition) is 1. The van der Waals surface area contributed by atoms with E-state index in [4.69, 9.17) is 0 Å². The maximum absolute atomic E-state index is 12.5. The Hall–Kier alpha value is -3.67. The molecule has 0 saturated carbocycles. The molecule has 1 N–H and O–H groups in total. The first-order chi connectivity index (χ1) is 14.1. The zero-order valence-electron chi connectivity index (χ0n) is 16.2. The van der Waals surface area contributed by atoms with Crippen LogP contribution in [-0.2, 0) is 6.54 Å². The zero-order valence-corrected chi connectivity index (χ0v) is 16.2. The Morgan fingerprint density at radius 2 is 1.86 bits per heavy atom. The Balaban J connectivity index is 1.39. The summed E-state index contributed by atoms with van der Waals surface area (Å²) >= 11 is 0. The zero-order chi connectivity index (χ0) is 20.2. The molecular weight excluding hydrogens is 364 g/mol. The molecule has 4 aromatic rings. The summed E-state index contributed by atoms with van der Waals surface area (Å²) in [6.45, 7) is 3.32. The van der Waals surface area contributed by atoms with E-state index in [1.165, 1.54) is 16.2 Å². The molecule has 1 amide bonds. The number of hydrogen-bond acceptors (Lipinski definition) is 3. The molecule has 4 rings (SSSR count). The number of rotatable bonds is 6. The highest BCUT2D eigenvalue weighted by Crippen LogP contribution is 2.17. The normalized spacial score (nSPS) is 10.9. The molecule has 6 heteroatoms. The quantitative estimate of drug-likeness (QED) is 0.517. The fourth-order valence-corrected chi connectivity index (χ4v) is 3.37. The van der Waals surface area contributed by atoms with Gasteiger partial charge in [0.05, 0.1) is 17.3 Å². The van der Waals surface area contributed by atoms with Crippen molar-refractivity contribution in [3.63, 3.8) is 0 Å². The molecule has 29 heavy (non-hydrogen) atoms. The van der Waals surface area contributed by atoms with Gasteiger partial charge in [0.15, 0.2) is 0 Å². The van der Waals surface area contributed by atoms with E-state index in [1.807, 2.05) is 47.3 Å². The smallest absolute Gasteiger partial charge is 0.255 e. The van der Waals surface area contributed by atoms with Crippen LogP contribution in [0.1, 0.15) is 22.3 Å². The summed E-state index contributed by atoms with van der Waals surface area (Å²) in [5, 5.41) is 8.53. The summed E-state index contributed by atoms with van der Waals surface area (Å²) in [5.41, 5.74) is 3.32. The molecule has 2 aromatic carbocycles. The van der Waals surface area contributed by atoms with Crippen molar-refractivity contribution < 1.29 is 4.79 Å². The van der Waals surface area contributed by atoms with Crippen LogP contribution in [0.25, 0.3) is 16.6 Å². The number of fused-ring (bicyclic) bond motifs is 1. The van der Waals surface area contributed by atoms with E-state index in [2.05, 4.69) is 29.5 Å². The molecule has 0 bridgehead atoms. The highest BCUT2D eigenvalue weighted by molar-refractivity contribution is 5.93. The third-order valence-electron chi connectivity index (χ3n) is 4.95. The van der Waals surface area contributed by atoms with Crippen LogP contribution in [0.5, 0.6) is 0 Å². The lowest BCUT2D eigenvalue weighted by Gasteiger charge is -2.09. The molecule has 0 unspecified atom stereocenters. The average molecular weight is 386 g/mol. The molecule has 0 radical (unpaired) electrons. The predicted octanol–water partition coefficient (Wildman–Crippen LogP) is 3.32. The summed E-state index contributed by atoms with van der Waals surface area (Å²) in [4.78, 5) is 24.6. The van der Waals surface area contributed by atoms with E-state index >= 15 is 0 Å². The molecule has 0 aliphatic carbocycles. The van der Waals surface area contributed by atoms with Gasteiger partial charge in [-0.05, 0) is 43.2 Å². The van der Waals surface area contributed by atoms with E-state index in [1.54, 1.807) is 12.3 Å². The fourth-order valence-electron chi connectivity index (χ4n) is 3.37. The van der Waals surface area contributed by atoms with Gasteiger partial charge >= 0.3 is 0 Å². The number of nitrogens with one attached hydrogen (secondary N) is 1.